The highest BCUT2D eigenvalue weighted by Crippen LogP contribution is 2.32. The summed E-state index contributed by atoms with van der Waals surface area (Å²) in [7, 11) is 0. The van der Waals surface area contributed by atoms with Gasteiger partial charge < -0.3 is 10.6 Å². The molecule has 1 aromatic heterocycles. The normalized spacial score (nSPS) is 13.0. The van der Waals surface area contributed by atoms with Crippen LogP contribution in [0, 0.1) is 0 Å². The molecule has 1 atom stereocenters. The number of hydrogen-bond acceptors (Lipinski definition) is 3. The SMILES string of the molecule is CCCC(CC)NC(=O)CNc1n[nH]c2ccc(C(F)(F)F)cc12. The molecule has 0 radical (unpaired) electrons. The zero-order valence-electron chi connectivity index (χ0n) is 13.6. The van der Waals surface area contributed by atoms with Crippen LogP contribution < -0.4 is 10.6 Å². The van der Waals surface area contributed by atoms with E-state index in [4.69, 9.17) is 0 Å². The zero-order valence-corrected chi connectivity index (χ0v) is 13.6. The van der Waals surface area contributed by atoms with Crippen molar-refractivity contribution in [2.45, 2.75) is 45.3 Å². The number of fused-ring (bicyclic) bond motifs is 1. The average Bonchev–Trinajstić information content (AvgIpc) is 2.94. The van der Waals surface area contributed by atoms with Crippen LogP contribution in [-0.4, -0.2) is 28.7 Å². The fourth-order valence-corrected chi connectivity index (χ4v) is 2.49. The number of carbonyl (C=O) groups is 1. The third-order valence-electron chi connectivity index (χ3n) is 3.80. The van der Waals surface area contributed by atoms with Gasteiger partial charge in [0, 0.05) is 11.4 Å². The summed E-state index contributed by atoms with van der Waals surface area (Å²) in [5.41, 5.74) is -0.277. The highest BCUT2D eigenvalue weighted by atomic mass is 19.4. The second-order valence-corrected chi connectivity index (χ2v) is 5.65. The first-order valence-corrected chi connectivity index (χ1v) is 7.93. The number of amides is 1. The molecular formula is C16H21F3N4O. The number of hydrogen-bond donors (Lipinski definition) is 3. The molecule has 0 spiro atoms. The van der Waals surface area contributed by atoms with E-state index in [2.05, 4.69) is 20.8 Å². The number of halogens is 3. The molecule has 1 unspecified atom stereocenters. The molecule has 5 nitrogen and oxygen atoms in total. The van der Waals surface area contributed by atoms with Crippen LogP contribution >= 0.6 is 0 Å². The van der Waals surface area contributed by atoms with Crippen molar-refractivity contribution >= 4 is 22.6 Å². The molecule has 0 aliphatic carbocycles. The maximum atomic E-state index is 12.8. The van der Waals surface area contributed by atoms with Gasteiger partial charge >= 0.3 is 6.18 Å². The molecular weight excluding hydrogens is 321 g/mol. The first-order valence-electron chi connectivity index (χ1n) is 7.93. The lowest BCUT2D eigenvalue weighted by atomic mass is 10.1. The van der Waals surface area contributed by atoms with Crippen molar-refractivity contribution in [3.05, 3.63) is 23.8 Å². The van der Waals surface area contributed by atoms with E-state index in [1.807, 2.05) is 13.8 Å². The third-order valence-corrected chi connectivity index (χ3v) is 3.80. The van der Waals surface area contributed by atoms with E-state index in [-0.39, 0.29) is 24.3 Å². The molecule has 3 N–H and O–H groups in total. The van der Waals surface area contributed by atoms with Gasteiger partial charge in [-0.05, 0) is 31.0 Å². The van der Waals surface area contributed by atoms with Crippen molar-refractivity contribution in [2.75, 3.05) is 11.9 Å². The Balaban J connectivity index is 2.06. The molecule has 2 aromatic rings. The van der Waals surface area contributed by atoms with Crippen molar-refractivity contribution in [1.29, 1.82) is 0 Å². The number of aromatic nitrogens is 2. The highest BCUT2D eigenvalue weighted by Gasteiger charge is 2.31. The summed E-state index contributed by atoms with van der Waals surface area (Å²) in [6, 6.07) is 3.45. The van der Waals surface area contributed by atoms with Crippen molar-refractivity contribution < 1.29 is 18.0 Å². The van der Waals surface area contributed by atoms with Crippen LogP contribution in [0.2, 0.25) is 0 Å². The topological polar surface area (TPSA) is 69.8 Å². The van der Waals surface area contributed by atoms with E-state index in [0.29, 0.717) is 10.9 Å². The fraction of sp³-hybridized carbons (Fsp3) is 0.500. The summed E-state index contributed by atoms with van der Waals surface area (Å²) < 4.78 is 38.4. The summed E-state index contributed by atoms with van der Waals surface area (Å²) in [5.74, 6) is 0.0215. The summed E-state index contributed by atoms with van der Waals surface area (Å²) in [6.45, 7) is 3.99. The molecule has 8 heteroatoms. The number of alkyl halides is 3. The van der Waals surface area contributed by atoms with Crippen molar-refractivity contribution in [2.24, 2.45) is 0 Å². The Morgan fingerprint density at radius 1 is 1.33 bits per heavy atom. The number of H-pyrrole nitrogens is 1. The Morgan fingerprint density at radius 2 is 2.08 bits per heavy atom. The summed E-state index contributed by atoms with van der Waals surface area (Å²) in [5, 5.41) is 12.6. The Kier molecular flexibility index (Phi) is 5.69. The molecule has 132 valence electrons. The minimum atomic E-state index is -4.42. The van der Waals surface area contributed by atoms with Gasteiger partial charge in [0.25, 0.3) is 0 Å². The lowest BCUT2D eigenvalue weighted by Crippen LogP contribution is -2.38. The van der Waals surface area contributed by atoms with Gasteiger partial charge in [0.2, 0.25) is 5.91 Å². The van der Waals surface area contributed by atoms with Crippen LogP contribution in [-0.2, 0) is 11.0 Å². The Bertz CT molecular complexity index is 696. The van der Waals surface area contributed by atoms with Gasteiger partial charge in [-0.2, -0.15) is 18.3 Å². The first kappa shape index (κ1) is 18.1. The van der Waals surface area contributed by atoms with Crippen LogP contribution in [0.4, 0.5) is 19.0 Å². The van der Waals surface area contributed by atoms with E-state index in [1.165, 1.54) is 6.07 Å². The van der Waals surface area contributed by atoms with Gasteiger partial charge in [-0.25, -0.2) is 0 Å². The maximum absolute atomic E-state index is 12.8. The standard InChI is InChI=1S/C16H21F3N4O/c1-3-5-11(4-2)21-14(24)9-20-15-12-8-10(16(17,18)19)6-7-13(12)22-23-15/h6-8,11H,3-5,9H2,1-2H3,(H,21,24)(H2,20,22,23). The van der Waals surface area contributed by atoms with Crippen molar-refractivity contribution in [1.82, 2.24) is 15.5 Å². The predicted octanol–water partition coefficient (Wildman–Crippen LogP) is 3.69. The second kappa shape index (κ2) is 7.55. The number of benzene rings is 1. The van der Waals surface area contributed by atoms with Crippen LogP contribution in [0.1, 0.15) is 38.7 Å². The molecule has 1 heterocycles. The molecule has 24 heavy (non-hydrogen) atoms. The molecule has 1 aromatic carbocycles. The van der Waals surface area contributed by atoms with Gasteiger partial charge in [-0.15, -0.1) is 0 Å². The molecule has 1 amide bonds. The lowest BCUT2D eigenvalue weighted by Gasteiger charge is -2.16. The van der Waals surface area contributed by atoms with E-state index in [9.17, 15) is 18.0 Å². The second-order valence-electron chi connectivity index (χ2n) is 5.65. The smallest absolute Gasteiger partial charge is 0.359 e. The minimum Gasteiger partial charge on any atom is -0.359 e. The van der Waals surface area contributed by atoms with E-state index >= 15 is 0 Å². The number of carbonyl (C=O) groups excluding carboxylic acids is 1. The van der Waals surface area contributed by atoms with Gasteiger partial charge in [0.15, 0.2) is 5.82 Å². The maximum Gasteiger partial charge on any atom is 0.416 e. The molecule has 0 fully saturated rings. The monoisotopic (exact) mass is 342 g/mol. The number of rotatable bonds is 7. The molecule has 0 saturated heterocycles. The Hall–Kier alpha value is -2.25. The van der Waals surface area contributed by atoms with E-state index in [1.54, 1.807) is 0 Å². The van der Waals surface area contributed by atoms with Gasteiger partial charge in [-0.3, -0.25) is 9.89 Å². The number of anilines is 1. The van der Waals surface area contributed by atoms with Crippen molar-refractivity contribution in [3.63, 3.8) is 0 Å². The quantitative estimate of drug-likeness (QED) is 0.719. The van der Waals surface area contributed by atoms with E-state index in [0.717, 1.165) is 31.4 Å². The fourth-order valence-electron chi connectivity index (χ4n) is 2.49. The largest absolute Gasteiger partial charge is 0.416 e. The number of aromatic amines is 1. The van der Waals surface area contributed by atoms with Crippen LogP contribution in [0.3, 0.4) is 0 Å². The molecule has 0 aliphatic rings. The van der Waals surface area contributed by atoms with Crippen molar-refractivity contribution in [3.8, 4) is 0 Å². The zero-order chi connectivity index (χ0) is 17.7. The minimum absolute atomic E-state index is 0.0452. The lowest BCUT2D eigenvalue weighted by molar-refractivity contribution is -0.137. The van der Waals surface area contributed by atoms with Gasteiger partial charge in [0.05, 0.1) is 17.6 Å². The molecule has 0 aliphatic heterocycles. The summed E-state index contributed by atoms with van der Waals surface area (Å²) in [4.78, 5) is 12.0. The molecule has 2 rings (SSSR count). The third kappa shape index (κ3) is 4.39. The molecule has 0 saturated carbocycles. The van der Waals surface area contributed by atoms with Gasteiger partial charge in [-0.1, -0.05) is 20.3 Å². The van der Waals surface area contributed by atoms with Crippen LogP contribution in [0.15, 0.2) is 18.2 Å². The number of nitrogens with zero attached hydrogens (tertiary/aromatic N) is 1. The summed E-state index contributed by atoms with van der Waals surface area (Å²) in [6.07, 6.45) is -1.73. The van der Waals surface area contributed by atoms with Gasteiger partial charge in [0.1, 0.15) is 0 Å². The Labute approximate surface area is 138 Å². The predicted molar refractivity (Wildman–Crippen MR) is 86.7 cm³/mol. The molecule has 0 bridgehead atoms. The highest BCUT2D eigenvalue weighted by molar-refractivity contribution is 5.92. The number of nitrogens with one attached hydrogen (secondary N) is 3. The summed E-state index contributed by atoms with van der Waals surface area (Å²) >= 11 is 0. The first-order chi connectivity index (χ1) is 11.3. The van der Waals surface area contributed by atoms with E-state index < -0.39 is 11.7 Å². The Morgan fingerprint density at radius 3 is 2.71 bits per heavy atom. The van der Waals surface area contributed by atoms with Crippen LogP contribution in [0.25, 0.3) is 10.9 Å². The van der Waals surface area contributed by atoms with Crippen LogP contribution in [0.5, 0.6) is 0 Å². The average molecular weight is 342 g/mol.